The van der Waals surface area contributed by atoms with E-state index in [1.165, 1.54) is 76.8 Å². The van der Waals surface area contributed by atoms with Gasteiger partial charge in [-0.05, 0) is 108 Å². The second-order valence-electron chi connectivity index (χ2n) is 14.1. The minimum Gasteiger partial charge on any atom is -0.310 e. The van der Waals surface area contributed by atoms with Crippen LogP contribution in [0.5, 0.6) is 0 Å². The smallest absolute Gasteiger partial charge is 0.0546 e. The van der Waals surface area contributed by atoms with Crippen LogP contribution in [0.4, 0.5) is 17.1 Å². The van der Waals surface area contributed by atoms with E-state index < -0.39 is 0 Å². The van der Waals surface area contributed by atoms with Gasteiger partial charge >= 0.3 is 0 Å². The van der Waals surface area contributed by atoms with E-state index in [9.17, 15) is 0 Å². The molecule has 0 unspecified atom stereocenters. The topological polar surface area (TPSA) is 3.24 Å². The second-order valence-corrected chi connectivity index (χ2v) is 14.1. The number of hydrogen-bond acceptors (Lipinski definition) is 1. The zero-order chi connectivity index (χ0) is 36.6. The van der Waals surface area contributed by atoms with Crippen LogP contribution in [0, 0.1) is 0 Å². The monoisotopic (exact) mass is 699 g/mol. The first-order valence-corrected chi connectivity index (χ1v) is 18.9. The number of nitrogens with zero attached hydrogens (tertiary/aromatic N) is 1. The van der Waals surface area contributed by atoms with E-state index in [0.29, 0.717) is 0 Å². The van der Waals surface area contributed by atoms with Crippen LogP contribution in [-0.2, 0) is 0 Å². The Bertz CT molecular complexity index is 2930. The Balaban J connectivity index is 1.15. The SMILES string of the molecule is c1ccc(-c2ccc(-c3ccc(N(c4ccccc4)c4cc(-c5cc6c7ccccc7ccc6c6ccccc56)ccc4-c4ccccc4)cc3)cc2)cc1. The van der Waals surface area contributed by atoms with E-state index in [-0.39, 0.29) is 0 Å². The van der Waals surface area contributed by atoms with Crippen LogP contribution < -0.4 is 4.90 Å². The van der Waals surface area contributed by atoms with Gasteiger partial charge in [-0.2, -0.15) is 0 Å². The van der Waals surface area contributed by atoms with Crippen LogP contribution >= 0.6 is 0 Å². The molecule has 0 heterocycles. The number of hydrogen-bond donors (Lipinski definition) is 0. The Morgan fingerprint density at radius 2 is 0.709 bits per heavy atom. The lowest BCUT2D eigenvalue weighted by atomic mass is 9.89. The molecule has 10 aromatic carbocycles. The Morgan fingerprint density at radius 3 is 1.38 bits per heavy atom. The molecule has 0 N–H and O–H groups in total. The summed E-state index contributed by atoms with van der Waals surface area (Å²) in [7, 11) is 0. The highest BCUT2D eigenvalue weighted by Gasteiger charge is 2.20. The highest BCUT2D eigenvalue weighted by molar-refractivity contribution is 6.21. The van der Waals surface area contributed by atoms with E-state index in [0.717, 1.165) is 17.1 Å². The first kappa shape index (κ1) is 32.4. The summed E-state index contributed by atoms with van der Waals surface area (Å²) in [5.74, 6) is 0. The van der Waals surface area contributed by atoms with Crippen LogP contribution in [0.3, 0.4) is 0 Å². The predicted octanol–water partition coefficient (Wildman–Crippen LogP) is 15.3. The summed E-state index contributed by atoms with van der Waals surface area (Å²) in [6, 6.07) is 81.4. The summed E-state index contributed by atoms with van der Waals surface area (Å²) < 4.78 is 0. The molecule has 0 aromatic heterocycles. The number of benzene rings is 10. The number of para-hydroxylation sites is 1. The summed E-state index contributed by atoms with van der Waals surface area (Å²) in [6.45, 7) is 0. The van der Waals surface area contributed by atoms with E-state index in [2.05, 4.69) is 229 Å². The molecule has 258 valence electrons. The van der Waals surface area contributed by atoms with Crippen LogP contribution in [-0.4, -0.2) is 0 Å². The largest absolute Gasteiger partial charge is 0.310 e. The zero-order valence-corrected chi connectivity index (χ0v) is 30.3. The molecular weight excluding hydrogens is 663 g/mol. The minimum absolute atomic E-state index is 1.10. The lowest BCUT2D eigenvalue weighted by Gasteiger charge is -2.29. The van der Waals surface area contributed by atoms with Crippen molar-refractivity contribution < 1.29 is 0 Å². The maximum Gasteiger partial charge on any atom is 0.0546 e. The van der Waals surface area contributed by atoms with Gasteiger partial charge in [0.25, 0.3) is 0 Å². The third kappa shape index (κ3) is 6.02. The summed E-state index contributed by atoms with van der Waals surface area (Å²) in [5, 5.41) is 7.59. The van der Waals surface area contributed by atoms with Crippen LogP contribution in [0.2, 0.25) is 0 Å². The van der Waals surface area contributed by atoms with Crippen molar-refractivity contribution in [3.05, 3.63) is 224 Å². The summed E-state index contributed by atoms with van der Waals surface area (Å²) in [6.07, 6.45) is 0. The third-order valence-corrected chi connectivity index (χ3v) is 10.9. The summed E-state index contributed by atoms with van der Waals surface area (Å²) in [5.41, 5.74) is 12.9. The summed E-state index contributed by atoms with van der Waals surface area (Å²) in [4.78, 5) is 2.41. The van der Waals surface area contributed by atoms with Gasteiger partial charge in [0.05, 0.1) is 5.69 Å². The van der Waals surface area contributed by atoms with E-state index in [1.54, 1.807) is 0 Å². The normalized spacial score (nSPS) is 11.3. The van der Waals surface area contributed by atoms with Gasteiger partial charge in [0.1, 0.15) is 0 Å². The predicted molar refractivity (Wildman–Crippen MR) is 235 cm³/mol. The molecule has 0 bridgehead atoms. The number of anilines is 3. The van der Waals surface area contributed by atoms with Gasteiger partial charge in [0, 0.05) is 16.9 Å². The average Bonchev–Trinajstić information content (AvgIpc) is 3.27. The Labute approximate surface area is 322 Å². The maximum atomic E-state index is 2.41. The standard InChI is InChI=1S/C54H37N/c1-4-14-38(15-5-1)39-24-26-40(27-25-39)41-28-32-46(33-29-41)55(45-19-8-3-9-20-45)54-36-44(31-34-48(54)42-16-6-2-7-17-42)52-37-53-47-21-11-10-18-43(47)30-35-51(53)49-22-12-13-23-50(49)52/h1-37H. The minimum atomic E-state index is 1.10. The van der Waals surface area contributed by atoms with Crippen molar-refractivity contribution in [2.75, 3.05) is 4.90 Å². The van der Waals surface area contributed by atoms with Crippen LogP contribution in [0.1, 0.15) is 0 Å². The Kier molecular flexibility index (Phi) is 8.24. The van der Waals surface area contributed by atoms with E-state index >= 15 is 0 Å². The molecular formula is C54H37N. The molecule has 55 heavy (non-hydrogen) atoms. The summed E-state index contributed by atoms with van der Waals surface area (Å²) >= 11 is 0. The molecule has 10 aromatic rings. The first-order valence-electron chi connectivity index (χ1n) is 18.9. The van der Waals surface area contributed by atoms with Gasteiger partial charge in [0.15, 0.2) is 0 Å². The van der Waals surface area contributed by atoms with Gasteiger partial charge in [-0.25, -0.2) is 0 Å². The number of fused-ring (bicyclic) bond motifs is 5. The van der Waals surface area contributed by atoms with Crippen molar-refractivity contribution in [1.29, 1.82) is 0 Å². The average molecular weight is 700 g/mol. The molecule has 0 aliphatic rings. The molecule has 10 rings (SSSR count). The molecule has 0 spiro atoms. The van der Waals surface area contributed by atoms with Crippen molar-refractivity contribution in [3.8, 4) is 44.5 Å². The van der Waals surface area contributed by atoms with E-state index in [4.69, 9.17) is 0 Å². The zero-order valence-electron chi connectivity index (χ0n) is 30.3. The van der Waals surface area contributed by atoms with Crippen LogP contribution in [0.25, 0.3) is 76.8 Å². The molecule has 0 radical (unpaired) electrons. The first-order chi connectivity index (χ1) is 27.3. The highest BCUT2D eigenvalue weighted by atomic mass is 15.1. The fourth-order valence-corrected chi connectivity index (χ4v) is 8.14. The molecule has 0 fully saturated rings. The van der Waals surface area contributed by atoms with Gasteiger partial charge in [0.2, 0.25) is 0 Å². The lowest BCUT2D eigenvalue weighted by Crippen LogP contribution is -2.11. The highest BCUT2D eigenvalue weighted by Crippen LogP contribution is 2.45. The Morgan fingerprint density at radius 1 is 0.236 bits per heavy atom. The van der Waals surface area contributed by atoms with Gasteiger partial charge in [-0.1, -0.05) is 188 Å². The quantitative estimate of drug-likeness (QED) is 0.150. The Hall–Kier alpha value is -7.22. The van der Waals surface area contributed by atoms with Crippen molar-refractivity contribution in [2.24, 2.45) is 0 Å². The molecule has 0 aliphatic carbocycles. The molecule has 1 nitrogen and oxygen atoms in total. The van der Waals surface area contributed by atoms with Crippen molar-refractivity contribution >= 4 is 49.4 Å². The fraction of sp³-hybridized carbons (Fsp3) is 0. The van der Waals surface area contributed by atoms with Crippen molar-refractivity contribution in [2.45, 2.75) is 0 Å². The van der Waals surface area contributed by atoms with Gasteiger partial charge < -0.3 is 4.90 Å². The fourth-order valence-electron chi connectivity index (χ4n) is 8.14. The molecule has 0 saturated heterocycles. The molecule has 0 saturated carbocycles. The lowest BCUT2D eigenvalue weighted by molar-refractivity contribution is 1.28. The van der Waals surface area contributed by atoms with Gasteiger partial charge in [-0.3, -0.25) is 0 Å². The van der Waals surface area contributed by atoms with Crippen molar-refractivity contribution in [3.63, 3.8) is 0 Å². The van der Waals surface area contributed by atoms with Crippen molar-refractivity contribution in [1.82, 2.24) is 0 Å². The number of rotatable bonds is 7. The molecule has 0 atom stereocenters. The third-order valence-electron chi connectivity index (χ3n) is 10.9. The molecule has 0 amide bonds. The second kappa shape index (κ2) is 14.0. The van der Waals surface area contributed by atoms with Crippen LogP contribution in [0.15, 0.2) is 224 Å². The van der Waals surface area contributed by atoms with E-state index in [1.807, 2.05) is 0 Å². The molecule has 1 heteroatoms. The maximum absolute atomic E-state index is 2.41. The van der Waals surface area contributed by atoms with Gasteiger partial charge in [-0.15, -0.1) is 0 Å². The molecule has 0 aliphatic heterocycles.